The van der Waals surface area contributed by atoms with Gasteiger partial charge < -0.3 is 9.64 Å². The fraction of sp³-hybridized carbons (Fsp3) is 0.548. The Morgan fingerprint density at radius 3 is 2.59 bits per heavy atom. The third-order valence-corrected chi connectivity index (χ3v) is 9.22. The minimum atomic E-state index is -4.66. The molecule has 0 unspecified atom stereocenters. The quantitative estimate of drug-likeness (QED) is 0.194. The van der Waals surface area contributed by atoms with E-state index in [9.17, 15) is 22.4 Å². The van der Waals surface area contributed by atoms with Crippen LogP contribution in [0.2, 0.25) is 0 Å². The number of hydrogen-bond acceptors (Lipinski definition) is 9. The smallest absolute Gasteiger partial charge is 0.416 e. The number of esters is 1. The average Bonchev–Trinajstić information content (AvgIpc) is 3.58. The van der Waals surface area contributed by atoms with Crippen LogP contribution in [-0.4, -0.2) is 82.6 Å². The summed E-state index contributed by atoms with van der Waals surface area (Å²) in [5.74, 6) is -0.292. The van der Waals surface area contributed by atoms with Crippen LogP contribution in [0.25, 0.3) is 11.3 Å². The molecule has 238 valence electrons. The number of aromatic nitrogens is 3. The molecule has 0 spiro atoms. The second-order valence-electron chi connectivity index (χ2n) is 11.3. The molecule has 3 aromatic rings. The van der Waals surface area contributed by atoms with Crippen molar-refractivity contribution in [1.29, 1.82) is 0 Å². The van der Waals surface area contributed by atoms with E-state index in [2.05, 4.69) is 31.6 Å². The molecule has 2 aliphatic rings. The summed E-state index contributed by atoms with van der Waals surface area (Å²) in [5.41, 5.74) is 0.248. The number of likely N-dealkylation sites (tertiary alicyclic amines) is 1. The number of nitrogens with zero attached hydrogens (tertiary/aromatic N) is 6. The molecule has 8 nitrogen and oxygen atoms in total. The number of carbonyl (C=O) groups is 1. The molecular formula is C31H38F4N6O2S. The second kappa shape index (κ2) is 14.3. The van der Waals surface area contributed by atoms with Crippen LogP contribution in [0.15, 0.2) is 30.6 Å². The summed E-state index contributed by atoms with van der Waals surface area (Å²) in [6.07, 6.45) is 0.556. The van der Waals surface area contributed by atoms with E-state index < -0.39 is 17.6 Å². The molecule has 2 aromatic heterocycles. The van der Waals surface area contributed by atoms with E-state index in [1.807, 2.05) is 6.07 Å². The highest BCUT2D eigenvalue weighted by Crippen LogP contribution is 2.37. The Hall–Kier alpha value is -3.16. The molecule has 0 saturated carbocycles. The zero-order chi connectivity index (χ0) is 31.3. The van der Waals surface area contributed by atoms with E-state index >= 15 is 0 Å². The van der Waals surface area contributed by atoms with Gasteiger partial charge in [-0.1, -0.05) is 0 Å². The first kappa shape index (κ1) is 32.2. The van der Waals surface area contributed by atoms with Gasteiger partial charge in [-0.25, -0.2) is 19.3 Å². The van der Waals surface area contributed by atoms with Gasteiger partial charge in [0.2, 0.25) is 0 Å². The minimum Gasteiger partial charge on any atom is -0.466 e. The summed E-state index contributed by atoms with van der Waals surface area (Å²) >= 11 is 1.44. The van der Waals surface area contributed by atoms with E-state index in [4.69, 9.17) is 9.72 Å². The Morgan fingerprint density at radius 1 is 1.09 bits per heavy atom. The molecule has 0 amide bonds. The molecule has 1 aromatic carbocycles. The molecule has 2 saturated heterocycles. The first-order chi connectivity index (χ1) is 21.1. The van der Waals surface area contributed by atoms with Crippen LogP contribution in [0.1, 0.15) is 60.7 Å². The molecule has 1 atom stereocenters. The van der Waals surface area contributed by atoms with Crippen molar-refractivity contribution < 1.29 is 27.1 Å². The first-order valence-corrected chi connectivity index (χ1v) is 16.0. The van der Waals surface area contributed by atoms with Gasteiger partial charge in [-0.05, 0) is 64.4 Å². The third kappa shape index (κ3) is 8.30. The van der Waals surface area contributed by atoms with Gasteiger partial charge in [-0.2, -0.15) is 13.2 Å². The summed E-state index contributed by atoms with van der Waals surface area (Å²) in [5, 5.41) is 0.704. The van der Waals surface area contributed by atoms with Crippen molar-refractivity contribution in [1.82, 2.24) is 24.8 Å². The lowest BCUT2D eigenvalue weighted by Gasteiger charge is -2.35. The number of piperazine rings is 1. The lowest BCUT2D eigenvalue weighted by Crippen LogP contribution is -2.47. The van der Waals surface area contributed by atoms with Crippen molar-refractivity contribution in [3.8, 4) is 11.3 Å². The summed E-state index contributed by atoms with van der Waals surface area (Å²) in [7, 11) is 0. The number of carbonyl (C=O) groups excluding carboxylic acids is 1. The van der Waals surface area contributed by atoms with Crippen molar-refractivity contribution in [2.75, 3.05) is 50.8 Å². The van der Waals surface area contributed by atoms with Gasteiger partial charge >= 0.3 is 12.1 Å². The van der Waals surface area contributed by atoms with E-state index in [1.54, 1.807) is 6.92 Å². The van der Waals surface area contributed by atoms with Crippen molar-refractivity contribution in [3.05, 3.63) is 57.6 Å². The average molecular weight is 635 g/mol. The van der Waals surface area contributed by atoms with Gasteiger partial charge in [0, 0.05) is 68.1 Å². The predicted molar refractivity (Wildman–Crippen MR) is 161 cm³/mol. The molecule has 0 radical (unpaired) electrons. The predicted octanol–water partition coefficient (Wildman–Crippen LogP) is 5.80. The molecule has 4 heterocycles. The van der Waals surface area contributed by atoms with Gasteiger partial charge in [0.15, 0.2) is 0 Å². The van der Waals surface area contributed by atoms with Gasteiger partial charge in [-0.15, -0.1) is 11.3 Å². The number of anilines is 1. The van der Waals surface area contributed by atoms with Crippen molar-refractivity contribution in [3.63, 3.8) is 0 Å². The highest BCUT2D eigenvalue weighted by atomic mass is 32.1. The number of hydrogen-bond donors (Lipinski definition) is 0. The van der Waals surface area contributed by atoms with Crippen molar-refractivity contribution in [2.24, 2.45) is 0 Å². The molecule has 44 heavy (non-hydrogen) atoms. The maximum Gasteiger partial charge on any atom is 0.416 e. The molecule has 0 aliphatic carbocycles. The maximum absolute atomic E-state index is 14.4. The number of rotatable bonds is 11. The molecule has 5 rings (SSSR count). The van der Waals surface area contributed by atoms with E-state index in [1.165, 1.54) is 17.7 Å². The molecule has 2 fully saturated rings. The molecule has 13 heteroatoms. The molecule has 2 aliphatic heterocycles. The monoisotopic (exact) mass is 634 g/mol. The lowest BCUT2D eigenvalue weighted by atomic mass is 10.1. The molecule has 0 N–H and O–H groups in total. The van der Waals surface area contributed by atoms with Crippen LogP contribution in [0.5, 0.6) is 0 Å². The fourth-order valence-corrected chi connectivity index (χ4v) is 6.93. The van der Waals surface area contributed by atoms with Gasteiger partial charge in [-0.3, -0.25) is 14.6 Å². The van der Waals surface area contributed by atoms with E-state index in [0.717, 1.165) is 87.1 Å². The number of halogens is 4. The highest BCUT2D eigenvalue weighted by Gasteiger charge is 2.32. The van der Waals surface area contributed by atoms with E-state index in [-0.39, 0.29) is 11.5 Å². The first-order valence-electron chi connectivity index (χ1n) is 15.1. The Kier molecular flexibility index (Phi) is 10.5. The normalized spacial score (nSPS) is 18.2. The zero-order valence-corrected chi connectivity index (χ0v) is 25.9. The minimum absolute atomic E-state index is 0.130. The van der Waals surface area contributed by atoms with Crippen LogP contribution >= 0.6 is 11.3 Å². The summed E-state index contributed by atoms with van der Waals surface area (Å²) in [4.78, 5) is 33.0. The Bertz CT molecular complexity index is 1430. The van der Waals surface area contributed by atoms with Gasteiger partial charge in [0.05, 0.1) is 28.6 Å². The molecule has 0 bridgehead atoms. The molecular weight excluding hydrogens is 596 g/mol. The van der Waals surface area contributed by atoms with Gasteiger partial charge in [0.1, 0.15) is 18.0 Å². The van der Waals surface area contributed by atoms with Crippen LogP contribution in [0.4, 0.5) is 23.4 Å². The largest absolute Gasteiger partial charge is 0.466 e. The van der Waals surface area contributed by atoms with E-state index in [0.29, 0.717) is 48.8 Å². The summed E-state index contributed by atoms with van der Waals surface area (Å²) in [6.45, 7) is 9.91. The fourth-order valence-electron chi connectivity index (χ4n) is 5.80. The SMILES string of the molecule is CCOC(=O)CCCN1CCN(c2cc(Cc3nc(-c4cc(F)cc(C(F)(F)F)c4)c(CN4CCC[C@H]4C)s3)ncn2)CC1. The van der Waals surface area contributed by atoms with Crippen LogP contribution in [-0.2, 0) is 28.7 Å². The topological polar surface area (TPSA) is 74.7 Å². The van der Waals surface area contributed by atoms with Crippen molar-refractivity contribution >= 4 is 23.1 Å². The van der Waals surface area contributed by atoms with Crippen LogP contribution < -0.4 is 4.90 Å². The second-order valence-corrected chi connectivity index (χ2v) is 12.5. The third-order valence-electron chi connectivity index (χ3n) is 8.18. The standard InChI is InChI=1S/C31H38F4N6O2S/c1-3-43-29(42)7-5-8-39-10-12-40(13-11-39)27-17-25(36-20-37-27)18-28-38-30(26(44-28)19-41-9-4-6-21(41)2)22-14-23(31(33,34)35)16-24(32)15-22/h14-17,20-21H,3-13,18-19H2,1-2H3/t21-/m1/s1. The van der Waals surface area contributed by atoms with Crippen molar-refractivity contribution in [2.45, 2.75) is 64.7 Å². The number of thiazole rings is 1. The van der Waals surface area contributed by atoms with Crippen LogP contribution in [0, 0.1) is 5.82 Å². The maximum atomic E-state index is 14.4. The lowest BCUT2D eigenvalue weighted by molar-refractivity contribution is -0.143. The van der Waals surface area contributed by atoms with Crippen LogP contribution in [0.3, 0.4) is 0 Å². The number of alkyl halides is 3. The summed E-state index contributed by atoms with van der Waals surface area (Å²) < 4.78 is 60.0. The van der Waals surface area contributed by atoms with Gasteiger partial charge in [0.25, 0.3) is 0 Å². The zero-order valence-electron chi connectivity index (χ0n) is 25.1. The summed E-state index contributed by atoms with van der Waals surface area (Å²) in [6, 6.07) is 4.92. The number of benzene rings is 1. The Morgan fingerprint density at radius 2 is 1.89 bits per heavy atom. The Balaban J connectivity index is 1.30. The number of ether oxygens (including phenoxy) is 1. The highest BCUT2D eigenvalue weighted by molar-refractivity contribution is 7.12. The Labute approximate surface area is 259 Å².